The molecule has 0 amide bonds. The summed E-state index contributed by atoms with van der Waals surface area (Å²) in [6, 6.07) is 6.60. The lowest BCUT2D eigenvalue weighted by Gasteiger charge is -2.11. The zero-order chi connectivity index (χ0) is 15.6. The first kappa shape index (κ1) is 15.6. The van der Waals surface area contributed by atoms with E-state index in [0.29, 0.717) is 0 Å². The lowest BCUT2D eigenvalue weighted by molar-refractivity contribution is -0.141. The minimum Gasteiger partial charge on any atom is -0.292 e. The Hall–Kier alpha value is -1.80. The van der Waals surface area contributed by atoms with Crippen LogP contribution in [0.25, 0.3) is 0 Å². The van der Waals surface area contributed by atoms with E-state index < -0.39 is 11.9 Å². The Morgan fingerprint density at radius 2 is 1.86 bits per heavy atom. The molecule has 0 saturated heterocycles. The average molecular weight is 314 g/mol. The minimum atomic E-state index is -4.55. The number of aromatic nitrogens is 2. The van der Waals surface area contributed by atoms with Crippen molar-refractivity contribution in [3.63, 3.8) is 0 Å². The van der Waals surface area contributed by atoms with Crippen LogP contribution < -0.4 is 11.3 Å². The molecule has 0 aliphatic carbocycles. The summed E-state index contributed by atoms with van der Waals surface area (Å²) < 4.78 is 38.4. The van der Waals surface area contributed by atoms with Gasteiger partial charge in [0.1, 0.15) is 5.03 Å². The Labute approximate surface area is 124 Å². The van der Waals surface area contributed by atoms with E-state index in [1.165, 1.54) is 0 Å². The number of hydrogen-bond acceptors (Lipinski definition) is 5. The fourth-order valence-corrected chi connectivity index (χ4v) is 2.60. The molecule has 0 fully saturated rings. The normalized spacial score (nSPS) is 11.5. The summed E-state index contributed by atoms with van der Waals surface area (Å²) in [5, 5.41) is 0.178. The van der Waals surface area contributed by atoms with Crippen LogP contribution in [0.4, 0.5) is 19.1 Å². The second kappa shape index (κ2) is 5.90. The molecule has 0 atom stereocenters. The average Bonchev–Trinajstić information content (AvgIpc) is 2.40. The van der Waals surface area contributed by atoms with Gasteiger partial charge in [-0.2, -0.15) is 13.2 Å². The molecule has 21 heavy (non-hydrogen) atoms. The predicted octanol–water partition coefficient (Wildman–Crippen LogP) is 3.55. The first-order chi connectivity index (χ1) is 9.79. The maximum absolute atomic E-state index is 12.8. The van der Waals surface area contributed by atoms with Crippen molar-refractivity contribution in [2.75, 3.05) is 5.43 Å². The molecule has 0 unspecified atom stereocenters. The number of nitrogens with one attached hydrogen (secondary N) is 1. The molecule has 1 heterocycles. The molecule has 3 N–H and O–H groups in total. The predicted molar refractivity (Wildman–Crippen MR) is 74.9 cm³/mol. The van der Waals surface area contributed by atoms with Gasteiger partial charge in [-0.1, -0.05) is 29.5 Å². The maximum atomic E-state index is 12.8. The van der Waals surface area contributed by atoms with Crippen molar-refractivity contribution in [1.29, 1.82) is 0 Å². The molecular formula is C13H13F3N4S. The zero-order valence-electron chi connectivity index (χ0n) is 11.3. The number of benzene rings is 1. The monoisotopic (exact) mass is 314 g/mol. The van der Waals surface area contributed by atoms with E-state index in [9.17, 15) is 13.2 Å². The molecule has 0 bridgehead atoms. The van der Waals surface area contributed by atoms with Crippen LogP contribution in [0.3, 0.4) is 0 Å². The quantitative estimate of drug-likeness (QED) is 0.515. The third-order valence-electron chi connectivity index (χ3n) is 2.67. The van der Waals surface area contributed by atoms with Gasteiger partial charge >= 0.3 is 6.18 Å². The molecule has 0 radical (unpaired) electrons. The van der Waals surface area contributed by atoms with E-state index >= 15 is 0 Å². The molecule has 1 aromatic heterocycles. The number of hydrazine groups is 1. The summed E-state index contributed by atoms with van der Waals surface area (Å²) in [5.74, 6) is 4.86. The number of nitrogen functional groups attached to an aromatic ring is 1. The molecular weight excluding hydrogens is 301 g/mol. The van der Waals surface area contributed by atoms with Gasteiger partial charge in [0.2, 0.25) is 5.95 Å². The fourth-order valence-electron chi connectivity index (χ4n) is 1.71. The highest BCUT2D eigenvalue weighted by atomic mass is 32.2. The SMILES string of the molecule is Cc1ccc(Sc2cc(C(F)(F)F)nc(NN)n2)c(C)c1. The smallest absolute Gasteiger partial charge is 0.292 e. The van der Waals surface area contributed by atoms with Crippen molar-refractivity contribution < 1.29 is 13.2 Å². The van der Waals surface area contributed by atoms with Crippen LogP contribution in [0.2, 0.25) is 0 Å². The summed E-state index contributed by atoms with van der Waals surface area (Å²) in [6.45, 7) is 3.84. The Balaban J connectivity index is 2.39. The third kappa shape index (κ3) is 3.85. The van der Waals surface area contributed by atoms with Crippen molar-refractivity contribution in [1.82, 2.24) is 9.97 Å². The highest BCUT2D eigenvalue weighted by Crippen LogP contribution is 2.34. The van der Waals surface area contributed by atoms with Crippen LogP contribution in [-0.2, 0) is 6.18 Å². The van der Waals surface area contributed by atoms with Crippen molar-refractivity contribution >= 4 is 17.7 Å². The molecule has 2 rings (SSSR count). The van der Waals surface area contributed by atoms with Gasteiger partial charge in [0, 0.05) is 11.0 Å². The van der Waals surface area contributed by atoms with Crippen LogP contribution in [0.15, 0.2) is 34.2 Å². The summed E-state index contributed by atoms with van der Waals surface area (Å²) in [4.78, 5) is 8.08. The van der Waals surface area contributed by atoms with Crippen molar-refractivity contribution in [3.05, 3.63) is 41.1 Å². The van der Waals surface area contributed by atoms with E-state index in [1.54, 1.807) is 0 Å². The molecule has 0 aliphatic rings. The Morgan fingerprint density at radius 1 is 1.14 bits per heavy atom. The van der Waals surface area contributed by atoms with Gasteiger partial charge in [0.05, 0.1) is 0 Å². The molecule has 0 aliphatic heterocycles. The number of hydrogen-bond donors (Lipinski definition) is 2. The van der Waals surface area contributed by atoms with Crippen LogP contribution in [0.5, 0.6) is 0 Å². The number of anilines is 1. The molecule has 2 aromatic rings. The van der Waals surface area contributed by atoms with E-state index in [-0.39, 0.29) is 11.0 Å². The topological polar surface area (TPSA) is 63.8 Å². The Bertz CT molecular complexity index is 658. The molecule has 0 saturated carbocycles. The molecule has 0 spiro atoms. The van der Waals surface area contributed by atoms with E-state index in [1.807, 2.05) is 32.0 Å². The maximum Gasteiger partial charge on any atom is 0.433 e. The van der Waals surface area contributed by atoms with Crippen LogP contribution in [-0.4, -0.2) is 9.97 Å². The molecule has 8 heteroatoms. The van der Waals surface area contributed by atoms with Gasteiger partial charge in [0.25, 0.3) is 0 Å². The highest BCUT2D eigenvalue weighted by Gasteiger charge is 2.33. The van der Waals surface area contributed by atoms with E-state index in [2.05, 4.69) is 15.4 Å². The standard InChI is InChI=1S/C13H13F3N4S/c1-7-3-4-9(8(2)5-7)21-11-6-10(13(14,15)16)18-12(19-11)20-17/h3-6H,17H2,1-2H3,(H,18,19,20). The molecule has 4 nitrogen and oxygen atoms in total. The molecule has 1 aromatic carbocycles. The second-order valence-corrected chi connectivity index (χ2v) is 5.49. The van der Waals surface area contributed by atoms with Crippen LogP contribution >= 0.6 is 11.8 Å². The number of halogens is 3. The first-order valence-corrected chi connectivity index (χ1v) is 6.79. The van der Waals surface area contributed by atoms with E-state index in [0.717, 1.165) is 33.9 Å². The van der Waals surface area contributed by atoms with Gasteiger partial charge in [-0.15, -0.1) is 0 Å². The van der Waals surface area contributed by atoms with Crippen LogP contribution in [0.1, 0.15) is 16.8 Å². The summed E-state index contributed by atoms with van der Waals surface area (Å²) in [5.41, 5.74) is 3.07. The van der Waals surface area contributed by atoms with Gasteiger partial charge in [0.15, 0.2) is 5.69 Å². The van der Waals surface area contributed by atoms with Gasteiger partial charge < -0.3 is 0 Å². The number of alkyl halides is 3. The number of rotatable bonds is 3. The fraction of sp³-hybridized carbons (Fsp3) is 0.231. The van der Waals surface area contributed by atoms with Gasteiger partial charge in [-0.05, 0) is 25.5 Å². The summed E-state index contributed by atoms with van der Waals surface area (Å²) in [7, 11) is 0. The van der Waals surface area contributed by atoms with Crippen LogP contribution in [0, 0.1) is 13.8 Å². The largest absolute Gasteiger partial charge is 0.433 e. The third-order valence-corrected chi connectivity index (χ3v) is 3.76. The Kier molecular flexibility index (Phi) is 4.38. The lowest BCUT2D eigenvalue weighted by atomic mass is 10.2. The van der Waals surface area contributed by atoms with Gasteiger partial charge in [-0.25, -0.2) is 15.8 Å². The number of aryl methyl sites for hydroxylation is 2. The lowest BCUT2D eigenvalue weighted by Crippen LogP contribution is -2.15. The summed E-state index contributed by atoms with van der Waals surface area (Å²) >= 11 is 1.14. The zero-order valence-corrected chi connectivity index (χ0v) is 12.1. The minimum absolute atomic E-state index is 0.178. The van der Waals surface area contributed by atoms with E-state index in [4.69, 9.17) is 5.84 Å². The highest BCUT2D eigenvalue weighted by molar-refractivity contribution is 7.99. The van der Waals surface area contributed by atoms with Crippen molar-refractivity contribution in [3.8, 4) is 0 Å². The second-order valence-electron chi connectivity index (χ2n) is 4.43. The van der Waals surface area contributed by atoms with Gasteiger partial charge in [-0.3, -0.25) is 5.43 Å². The number of nitrogens with two attached hydrogens (primary N) is 1. The van der Waals surface area contributed by atoms with Crippen molar-refractivity contribution in [2.24, 2.45) is 5.84 Å². The first-order valence-electron chi connectivity index (χ1n) is 5.97. The number of nitrogens with zero attached hydrogens (tertiary/aromatic N) is 2. The summed E-state index contributed by atoms with van der Waals surface area (Å²) in [6.07, 6.45) is -4.55. The molecule has 112 valence electrons. The van der Waals surface area contributed by atoms with Crippen molar-refractivity contribution in [2.45, 2.75) is 29.9 Å². The Morgan fingerprint density at radius 3 is 2.43 bits per heavy atom.